The maximum atomic E-state index is 6.60. The number of benzene rings is 6. The van der Waals surface area contributed by atoms with Gasteiger partial charge in [-0.05, 0) is 164 Å². The number of anilines is 6. The maximum absolute atomic E-state index is 6.60. The maximum Gasteiger partial charge on any atom is 0.252 e. The first kappa shape index (κ1) is 40.4. The third kappa shape index (κ3) is 6.00. The first-order valence-corrected chi connectivity index (χ1v) is 23.5. The van der Waals surface area contributed by atoms with Gasteiger partial charge in [-0.3, -0.25) is 0 Å². The Labute approximate surface area is 376 Å². The van der Waals surface area contributed by atoms with Gasteiger partial charge in [0.25, 0.3) is 6.71 Å². The lowest BCUT2D eigenvalue weighted by Crippen LogP contribution is -2.62. The summed E-state index contributed by atoms with van der Waals surface area (Å²) >= 11 is 0. The molecule has 0 radical (unpaired) electrons. The third-order valence-electron chi connectivity index (χ3n) is 16.0. The highest BCUT2D eigenvalue weighted by Crippen LogP contribution is 2.55. The van der Waals surface area contributed by atoms with Crippen LogP contribution in [0.2, 0.25) is 0 Å². The molecule has 2 aliphatic carbocycles. The molecule has 0 saturated heterocycles. The van der Waals surface area contributed by atoms with Crippen molar-refractivity contribution >= 4 is 57.2 Å². The van der Waals surface area contributed by atoms with Gasteiger partial charge in [-0.2, -0.15) is 0 Å². The number of rotatable bonds is 3. The van der Waals surface area contributed by atoms with E-state index in [1.54, 1.807) is 0 Å². The summed E-state index contributed by atoms with van der Waals surface area (Å²) in [4.78, 5) is 5.19. The molecule has 0 fully saturated rings. The van der Waals surface area contributed by atoms with Gasteiger partial charge in [0, 0.05) is 28.3 Å². The van der Waals surface area contributed by atoms with Gasteiger partial charge in [-0.25, -0.2) is 0 Å². The fourth-order valence-electron chi connectivity index (χ4n) is 11.9. The number of nitrogens with zero attached hydrogens (tertiary/aromatic N) is 2. The van der Waals surface area contributed by atoms with Gasteiger partial charge in [0.15, 0.2) is 11.5 Å². The molecule has 11 rings (SSSR count). The van der Waals surface area contributed by atoms with Gasteiger partial charge in [0.1, 0.15) is 0 Å². The molecule has 0 unspecified atom stereocenters. The molecule has 63 heavy (non-hydrogen) atoms. The summed E-state index contributed by atoms with van der Waals surface area (Å²) in [5.74, 6) is 1.62. The zero-order valence-corrected chi connectivity index (χ0v) is 39.6. The van der Waals surface area contributed by atoms with E-state index >= 15 is 0 Å². The summed E-state index contributed by atoms with van der Waals surface area (Å²) in [6, 6.07) is 40.2. The summed E-state index contributed by atoms with van der Waals surface area (Å²) in [5.41, 5.74) is 22.2. The molecule has 5 aliphatic rings. The SMILES string of the molecule is Cc1cc2c3c(c1)N(c1ccc(C(C)(C)C)cc1-c1ccccc1)c1c(ccc4c1OCO4)B3c1cc3c(cc1N2c1ccc2c(c1)C(C)(C)CCC2(C)C)C(C)(C)CCC3(C)C. The van der Waals surface area contributed by atoms with Crippen LogP contribution in [-0.2, 0) is 27.1 Å². The zero-order valence-electron chi connectivity index (χ0n) is 39.6. The first-order valence-electron chi connectivity index (χ1n) is 23.5. The Bertz CT molecular complexity index is 2900. The molecular formula is C58H63BN2O2. The van der Waals surface area contributed by atoms with Crippen molar-refractivity contribution in [3.8, 4) is 22.6 Å². The number of fused-ring (bicyclic) bond motifs is 8. The van der Waals surface area contributed by atoms with Crippen LogP contribution >= 0.6 is 0 Å². The van der Waals surface area contributed by atoms with Gasteiger partial charge in [-0.15, -0.1) is 0 Å². The van der Waals surface area contributed by atoms with E-state index in [-0.39, 0.29) is 40.6 Å². The van der Waals surface area contributed by atoms with Crippen LogP contribution in [-0.4, -0.2) is 13.5 Å². The van der Waals surface area contributed by atoms with Crippen LogP contribution in [0.15, 0.2) is 103 Å². The monoisotopic (exact) mass is 830 g/mol. The topological polar surface area (TPSA) is 24.9 Å². The minimum Gasteiger partial charge on any atom is -0.454 e. The molecule has 0 atom stereocenters. The predicted molar refractivity (Wildman–Crippen MR) is 266 cm³/mol. The summed E-state index contributed by atoms with van der Waals surface area (Å²) in [5, 5.41) is 0. The van der Waals surface area contributed by atoms with E-state index in [0.29, 0.717) is 0 Å². The Balaban J connectivity index is 1.26. The fourth-order valence-corrected chi connectivity index (χ4v) is 11.9. The molecule has 3 heterocycles. The molecule has 3 aliphatic heterocycles. The molecule has 0 N–H and O–H groups in total. The predicted octanol–water partition coefficient (Wildman–Crippen LogP) is 13.5. The van der Waals surface area contributed by atoms with Gasteiger partial charge >= 0.3 is 0 Å². The van der Waals surface area contributed by atoms with Crippen LogP contribution in [0.1, 0.15) is 135 Å². The van der Waals surface area contributed by atoms with Crippen molar-refractivity contribution in [3.63, 3.8) is 0 Å². The van der Waals surface area contributed by atoms with Gasteiger partial charge in [0.05, 0.1) is 11.4 Å². The van der Waals surface area contributed by atoms with E-state index in [1.165, 1.54) is 96.5 Å². The van der Waals surface area contributed by atoms with E-state index in [9.17, 15) is 0 Å². The van der Waals surface area contributed by atoms with E-state index in [1.807, 2.05) is 0 Å². The molecule has 0 spiro atoms. The van der Waals surface area contributed by atoms with Crippen LogP contribution in [0.5, 0.6) is 11.5 Å². The lowest BCUT2D eigenvalue weighted by atomic mass is 9.33. The molecular weight excluding hydrogens is 767 g/mol. The van der Waals surface area contributed by atoms with Crippen LogP contribution < -0.4 is 35.7 Å². The summed E-state index contributed by atoms with van der Waals surface area (Å²) < 4.78 is 12.8. The van der Waals surface area contributed by atoms with Crippen molar-refractivity contribution < 1.29 is 9.47 Å². The number of aryl methyl sites for hydroxylation is 1. The van der Waals surface area contributed by atoms with Crippen molar-refractivity contribution in [3.05, 3.63) is 137 Å². The summed E-state index contributed by atoms with van der Waals surface area (Å²) in [6.45, 7) is 29.0. The molecule has 6 aromatic rings. The average molecular weight is 831 g/mol. The molecule has 0 amide bonds. The number of ether oxygens (including phenoxy) is 2. The van der Waals surface area contributed by atoms with Crippen LogP contribution in [0, 0.1) is 6.92 Å². The molecule has 6 aromatic carbocycles. The van der Waals surface area contributed by atoms with E-state index in [0.717, 1.165) is 35.7 Å². The molecule has 0 bridgehead atoms. The van der Waals surface area contributed by atoms with Crippen LogP contribution in [0.4, 0.5) is 34.1 Å². The molecule has 4 nitrogen and oxygen atoms in total. The minimum absolute atomic E-state index is 0.0298. The minimum atomic E-state index is -0.0317. The lowest BCUT2D eigenvalue weighted by Gasteiger charge is -2.48. The standard InChI is InChI=1S/C58H63BN2O2/c1-35-28-48-51-49(29-35)61(46-22-18-37(54(2,3)4)30-39(46)36-16-14-13-15-17-36)52-44(21-23-50-53(52)63-34-62-50)59(51)45-32-42-43(58(11,12)27-26-57(42,9)10)33-47(45)60(48)38-19-20-40-41(31-38)56(7,8)25-24-55(40,5)6/h13-23,28-33H,24-27,34H2,1-12H3. The van der Waals surface area contributed by atoms with Gasteiger partial charge in [-0.1, -0.05) is 131 Å². The second-order valence-corrected chi connectivity index (χ2v) is 23.1. The van der Waals surface area contributed by atoms with Crippen molar-refractivity contribution in [2.24, 2.45) is 0 Å². The quantitative estimate of drug-likeness (QED) is 0.166. The first-order chi connectivity index (χ1) is 29.7. The molecule has 0 aromatic heterocycles. The Morgan fingerprint density at radius 1 is 0.540 bits per heavy atom. The number of hydrogen-bond donors (Lipinski definition) is 0. The smallest absolute Gasteiger partial charge is 0.252 e. The highest BCUT2D eigenvalue weighted by Gasteiger charge is 2.49. The third-order valence-corrected chi connectivity index (χ3v) is 16.0. The largest absolute Gasteiger partial charge is 0.454 e. The Morgan fingerprint density at radius 2 is 1.16 bits per heavy atom. The summed E-state index contributed by atoms with van der Waals surface area (Å²) in [6.07, 6.45) is 4.69. The van der Waals surface area contributed by atoms with Crippen molar-refractivity contribution in [2.45, 2.75) is 136 Å². The molecule has 5 heteroatoms. The molecule has 320 valence electrons. The fraction of sp³-hybridized carbons (Fsp3) is 0.379. The van der Waals surface area contributed by atoms with Crippen molar-refractivity contribution in [1.82, 2.24) is 0 Å². The second-order valence-electron chi connectivity index (χ2n) is 23.1. The highest BCUT2D eigenvalue weighted by atomic mass is 16.7. The lowest BCUT2D eigenvalue weighted by molar-refractivity contribution is 0.174. The average Bonchev–Trinajstić information content (AvgIpc) is 3.73. The Hall–Kier alpha value is -5.42. The van der Waals surface area contributed by atoms with Gasteiger partial charge in [0.2, 0.25) is 6.79 Å². The zero-order chi connectivity index (χ0) is 44.2. The highest BCUT2D eigenvalue weighted by molar-refractivity contribution is 7.00. The Kier molecular flexibility index (Phi) is 8.53. The van der Waals surface area contributed by atoms with Gasteiger partial charge < -0.3 is 19.3 Å². The van der Waals surface area contributed by atoms with Crippen LogP contribution in [0.3, 0.4) is 0 Å². The van der Waals surface area contributed by atoms with E-state index < -0.39 is 0 Å². The Morgan fingerprint density at radius 3 is 1.83 bits per heavy atom. The number of hydrogen-bond acceptors (Lipinski definition) is 4. The van der Waals surface area contributed by atoms with Crippen molar-refractivity contribution in [1.29, 1.82) is 0 Å². The van der Waals surface area contributed by atoms with Crippen molar-refractivity contribution in [2.75, 3.05) is 16.6 Å². The van der Waals surface area contributed by atoms with E-state index in [4.69, 9.17) is 9.47 Å². The summed E-state index contributed by atoms with van der Waals surface area (Å²) in [7, 11) is 0. The van der Waals surface area contributed by atoms with E-state index in [2.05, 4.69) is 196 Å². The normalized spacial score (nSPS) is 19.1. The van der Waals surface area contributed by atoms with Crippen LogP contribution in [0.25, 0.3) is 11.1 Å². The second kappa shape index (κ2) is 13.3. The molecule has 0 saturated carbocycles.